The Morgan fingerprint density at radius 3 is 2.64 bits per heavy atom. The number of rotatable bonds is 7. The first-order valence-electron chi connectivity index (χ1n) is 7.70. The summed E-state index contributed by atoms with van der Waals surface area (Å²) in [5.74, 6) is 1.61. The highest BCUT2D eigenvalue weighted by molar-refractivity contribution is 5.75. The van der Waals surface area contributed by atoms with Crippen LogP contribution in [-0.2, 0) is 11.2 Å². The van der Waals surface area contributed by atoms with Gasteiger partial charge < -0.3 is 9.73 Å². The van der Waals surface area contributed by atoms with Gasteiger partial charge in [0.2, 0.25) is 17.7 Å². The number of benzene rings is 1. The summed E-state index contributed by atoms with van der Waals surface area (Å²) in [5, 5.41) is 10.9. The lowest BCUT2D eigenvalue weighted by molar-refractivity contribution is -0.121. The SMILES string of the molecule is Cc1ccc(-c2nnc(CCC(=O)NCCC(C)C)o2)cc1. The molecule has 0 bridgehead atoms. The number of hydrogen-bond donors (Lipinski definition) is 1. The Balaban J connectivity index is 1.82. The molecule has 0 radical (unpaired) electrons. The summed E-state index contributed by atoms with van der Waals surface area (Å²) in [4.78, 5) is 11.7. The largest absolute Gasteiger partial charge is 0.421 e. The van der Waals surface area contributed by atoms with E-state index < -0.39 is 0 Å². The van der Waals surface area contributed by atoms with E-state index >= 15 is 0 Å². The van der Waals surface area contributed by atoms with Crippen LogP contribution in [0.5, 0.6) is 0 Å². The summed E-state index contributed by atoms with van der Waals surface area (Å²) in [7, 11) is 0. The Morgan fingerprint density at radius 2 is 1.95 bits per heavy atom. The highest BCUT2D eigenvalue weighted by atomic mass is 16.4. The first kappa shape index (κ1) is 16.2. The molecule has 0 aliphatic rings. The van der Waals surface area contributed by atoms with Gasteiger partial charge >= 0.3 is 0 Å². The fourth-order valence-electron chi connectivity index (χ4n) is 1.98. The van der Waals surface area contributed by atoms with Crippen molar-refractivity contribution in [2.45, 2.75) is 40.0 Å². The zero-order chi connectivity index (χ0) is 15.9. The van der Waals surface area contributed by atoms with Crippen LogP contribution in [0.3, 0.4) is 0 Å². The van der Waals surface area contributed by atoms with Crippen LogP contribution in [0.1, 0.15) is 38.1 Å². The molecule has 0 saturated carbocycles. The second kappa shape index (κ2) is 7.73. The second-order valence-corrected chi connectivity index (χ2v) is 5.90. The van der Waals surface area contributed by atoms with E-state index in [0.717, 1.165) is 18.5 Å². The molecule has 1 amide bonds. The molecule has 1 N–H and O–H groups in total. The lowest BCUT2D eigenvalue weighted by Crippen LogP contribution is -2.25. The summed E-state index contributed by atoms with van der Waals surface area (Å²) >= 11 is 0. The molecule has 118 valence electrons. The van der Waals surface area contributed by atoms with Crippen molar-refractivity contribution in [1.82, 2.24) is 15.5 Å². The van der Waals surface area contributed by atoms with Crippen LogP contribution < -0.4 is 5.32 Å². The molecular weight excluding hydrogens is 278 g/mol. The molecule has 1 heterocycles. The molecule has 0 aliphatic carbocycles. The summed E-state index contributed by atoms with van der Waals surface area (Å²) < 4.78 is 5.60. The monoisotopic (exact) mass is 301 g/mol. The number of aryl methyl sites for hydroxylation is 2. The maximum Gasteiger partial charge on any atom is 0.247 e. The Hall–Kier alpha value is -2.17. The number of nitrogens with zero attached hydrogens (tertiary/aromatic N) is 2. The molecule has 0 fully saturated rings. The number of carbonyl (C=O) groups excluding carboxylic acids is 1. The van der Waals surface area contributed by atoms with Crippen LogP contribution in [-0.4, -0.2) is 22.6 Å². The smallest absolute Gasteiger partial charge is 0.247 e. The van der Waals surface area contributed by atoms with E-state index in [1.807, 2.05) is 31.2 Å². The van der Waals surface area contributed by atoms with Crippen LogP contribution in [0, 0.1) is 12.8 Å². The lowest BCUT2D eigenvalue weighted by Gasteiger charge is -2.06. The fourth-order valence-corrected chi connectivity index (χ4v) is 1.98. The Morgan fingerprint density at radius 1 is 1.23 bits per heavy atom. The molecule has 0 unspecified atom stereocenters. The van der Waals surface area contributed by atoms with Crippen LogP contribution in [0.25, 0.3) is 11.5 Å². The molecule has 1 aromatic carbocycles. The number of amides is 1. The van der Waals surface area contributed by atoms with Gasteiger partial charge in [-0.15, -0.1) is 10.2 Å². The van der Waals surface area contributed by atoms with Crippen LogP contribution in [0.15, 0.2) is 28.7 Å². The maximum atomic E-state index is 11.7. The molecule has 22 heavy (non-hydrogen) atoms. The van der Waals surface area contributed by atoms with Gasteiger partial charge in [-0.25, -0.2) is 0 Å². The predicted octanol–water partition coefficient (Wildman–Crippen LogP) is 3.14. The van der Waals surface area contributed by atoms with E-state index in [-0.39, 0.29) is 5.91 Å². The van der Waals surface area contributed by atoms with Crippen molar-refractivity contribution in [3.63, 3.8) is 0 Å². The van der Waals surface area contributed by atoms with Gasteiger partial charge in [0, 0.05) is 24.9 Å². The molecule has 0 atom stereocenters. The zero-order valence-corrected chi connectivity index (χ0v) is 13.4. The summed E-state index contributed by atoms with van der Waals surface area (Å²) in [6.45, 7) is 7.02. The standard InChI is InChI=1S/C17H23N3O2/c1-12(2)10-11-18-15(21)8-9-16-19-20-17(22-16)14-6-4-13(3)5-7-14/h4-7,12H,8-11H2,1-3H3,(H,18,21). The third kappa shape index (κ3) is 4.98. The number of carbonyl (C=O) groups is 1. The average Bonchev–Trinajstić information content (AvgIpc) is 2.94. The number of aromatic nitrogens is 2. The van der Waals surface area contributed by atoms with E-state index in [4.69, 9.17) is 4.42 Å². The Kier molecular flexibility index (Phi) is 5.69. The van der Waals surface area contributed by atoms with E-state index in [1.54, 1.807) is 0 Å². The van der Waals surface area contributed by atoms with Crippen molar-refractivity contribution in [2.24, 2.45) is 5.92 Å². The minimum atomic E-state index is 0.0238. The maximum absolute atomic E-state index is 11.7. The fraction of sp³-hybridized carbons (Fsp3) is 0.471. The normalized spacial score (nSPS) is 10.9. The van der Waals surface area contributed by atoms with Crippen LogP contribution in [0.4, 0.5) is 0 Å². The third-order valence-corrected chi connectivity index (χ3v) is 3.38. The highest BCUT2D eigenvalue weighted by Gasteiger charge is 2.10. The zero-order valence-electron chi connectivity index (χ0n) is 13.4. The summed E-state index contributed by atoms with van der Waals surface area (Å²) in [5.41, 5.74) is 2.08. The van der Waals surface area contributed by atoms with Crippen molar-refractivity contribution < 1.29 is 9.21 Å². The molecule has 2 aromatic rings. The second-order valence-electron chi connectivity index (χ2n) is 5.90. The van der Waals surface area contributed by atoms with Crippen molar-refractivity contribution in [2.75, 3.05) is 6.54 Å². The summed E-state index contributed by atoms with van der Waals surface area (Å²) in [6.07, 6.45) is 1.82. The van der Waals surface area contributed by atoms with Crippen molar-refractivity contribution in [1.29, 1.82) is 0 Å². The molecule has 1 aromatic heterocycles. The highest BCUT2D eigenvalue weighted by Crippen LogP contribution is 2.18. The summed E-state index contributed by atoms with van der Waals surface area (Å²) in [6, 6.07) is 7.90. The third-order valence-electron chi connectivity index (χ3n) is 3.38. The van der Waals surface area contributed by atoms with E-state index in [0.29, 0.717) is 30.5 Å². The molecule has 5 heteroatoms. The predicted molar refractivity (Wildman–Crippen MR) is 85.3 cm³/mol. The molecule has 5 nitrogen and oxygen atoms in total. The van der Waals surface area contributed by atoms with Gasteiger partial charge in [-0.05, 0) is 31.4 Å². The van der Waals surface area contributed by atoms with Gasteiger partial charge in [0.05, 0.1) is 0 Å². The Bertz CT molecular complexity index is 603. The minimum Gasteiger partial charge on any atom is -0.421 e. The van der Waals surface area contributed by atoms with Gasteiger partial charge in [0.15, 0.2) is 0 Å². The molecule has 0 spiro atoms. The van der Waals surface area contributed by atoms with E-state index in [1.165, 1.54) is 5.56 Å². The quantitative estimate of drug-likeness (QED) is 0.853. The van der Waals surface area contributed by atoms with Gasteiger partial charge in [0.1, 0.15) is 0 Å². The average molecular weight is 301 g/mol. The Labute approximate surface area is 131 Å². The van der Waals surface area contributed by atoms with Gasteiger partial charge in [-0.2, -0.15) is 0 Å². The molecule has 0 aliphatic heterocycles. The van der Waals surface area contributed by atoms with Crippen LogP contribution in [0.2, 0.25) is 0 Å². The van der Waals surface area contributed by atoms with Crippen molar-refractivity contribution >= 4 is 5.91 Å². The number of nitrogens with one attached hydrogen (secondary N) is 1. The first-order chi connectivity index (χ1) is 10.5. The topological polar surface area (TPSA) is 68.0 Å². The first-order valence-corrected chi connectivity index (χ1v) is 7.70. The van der Waals surface area contributed by atoms with Crippen LogP contribution >= 0.6 is 0 Å². The molecule has 0 saturated heterocycles. The van der Waals surface area contributed by atoms with Gasteiger partial charge in [-0.1, -0.05) is 31.5 Å². The molecular formula is C17H23N3O2. The van der Waals surface area contributed by atoms with Crippen molar-refractivity contribution in [3.05, 3.63) is 35.7 Å². The molecule has 2 rings (SSSR count). The van der Waals surface area contributed by atoms with Crippen molar-refractivity contribution in [3.8, 4) is 11.5 Å². The lowest BCUT2D eigenvalue weighted by atomic mass is 10.1. The number of hydrogen-bond acceptors (Lipinski definition) is 4. The van der Waals surface area contributed by atoms with E-state index in [9.17, 15) is 4.79 Å². The van der Waals surface area contributed by atoms with E-state index in [2.05, 4.69) is 29.4 Å². The minimum absolute atomic E-state index is 0.0238. The van der Waals surface area contributed by atoms with Gasteiger partial charge in [-0.3, -0.25) is 4.79 Å². The van der Waals surface area contributed by atoms with Gasteiger partial charge in [0.25, 0.3) is 0 Å².